The third-order valence-corrected chi connectivity index (χ3v) is 8.20. The molecule has 3 rings (SSSR count). The van der Waals surface area contributed by atoms with Crippen molar-refractivity contribution < 1.29 is 27.1 Å². The van der Waals surface area contributed by atoms with Gasteiger partial charge in [-0.3, -0.25) is 13.9 Å². The van der Waals surface area contributed by atoms with Crippen LogP contribution in [0.15, 0.2) is 71.6 Å². The van der Waals surface area contributed by atoms with Gasteiger partial charge in [-0.2, -0.15) is 0 Å². The molecule has 40 heavy (non-hydrogen) atoms. The maximum atomic E-state index is 14.6. The molecule has 8 nitrogen and oxygen atoms in total. The minimum Gasteiger partial charge on any atom is -0.495 e. The fourth-order valence-corrected chi connectivity index (χ4v) is 5.59. The number of sulfonamides is 1. The second kappa shape index (κ2) is 13.1. The zero-order valence-corrected chi connectivity index (χ0v) is 24.6. The van der Waals surface area contributed by atoms with Crippen LogP contribution in [0.4, 0.5) is 10.1 Å². The summed E-state index contributed by atoms with van der Waals surface area (Å²) in [4.78, 5) is 28.0. The Morgan fingerprint density at radius 1 is 1.02 bits per heavy atom. The fourth-order valence-electron chi connectivity index (χ4n) is 4.01. The standard InChI is InChI=1S/C29H33ClFN3O5S/c1-19(2)32-29(36)21(4)33(17-22-8-6-7-9-25(22)31)28(35)18-34(26-16-23(30)12-15-27(26)39-5)40(37,38)24-13-10-20(3)11-14-24/h6-16,19,21H,17-18H2,1-5H3,(H,32,36)/t21-/m0/s1. The van der Waals surface area contributed by atoms with Gasteiger partial charge in [0.15, 0.2) is 0 Å². The molecule has 214 valence electrons. The lowest BCUT2D eigenvalue weighted by molar-refractivity contribution is -0.139. The second-order valence-corrected chi connectivity index (χ2v) is 11.9. The van der Waals surface area contributed by atoms with Gasteiger partial charge in [0.1, 0.15) is 24.2 Å². The number of nitrogens with one attached hydrogen (secondary N) is 1. The Morgan fingerprint density at radius 2 is 1.68 bits per heavy atom. The Bertz CT molecular complexity index is 1460. The number of aryl methyl sites for hydroxylation is 1. The summed E-state index contributed by atoms with van der Waals surface area (Å²) in [6.07, 6.45) is 0. The second-order valence-electron chi connectivity index (χ2n) is 9.59. The minimum absolute atomic E-state index is 0.0362. The fraction of sp³-hybridized carbons (Fsp3) is 0.310. The summed E-state index contributed by atoms with van der Waals surface area (Å²) < 4.78 is 48.9. The van der Waals surface area contributed by atoms with Gasteiger partial charge in [0.2, 0.25) is 11.8 Å². The molecule has 0 aliphatic carbocycles. The molecule has 2 amide bonds. The van der Waals surface area contributed by atoms with E-state index >= 15 is 0 Å². The van der Waals surface area contributed by atoms with E-state index in [2.05, 4.69) is 5.32 Å². The van der Waals surface area contributed by atoms with Crippen molar-refractivity contribution in [2.24, 2.45) is 0 Å². The number of nitrogens with zero attached hydrogens (tertiary/aromatic N) is 2. The van der Waals surface area contributed by atoms with Gasteiger partial charge in [-0.1, -0.05) is 47.5 Å². The van der Waals surface area contributed by atoms with E-state index in [1.165, 1.54) is 62.6 Å². The van der Waals surface area contributed by atoms with Gasteiger partial charge in [0.05, 0.1) is 17.7 Å². The molecule has 0 saturated carbocycles. The minimum atomic E-state index is -4.32. The van der Waals surface area contributed by atoms with Gasteiger partial charge in [0, 0.05) is 23.2 Å². The van der Waals surface area contributed by atoms with Gasteiger partial charge >= 0.3 is 0 Å². The average Bonchev–Trinajstić information content (AvgIpc) is 2.90. The maximum absolute atomic E-state index is 14.6. The predicted molar refractivity (Wildman–Crippen MR) is 153 cm³/mol. The molecule has 1 N–H and O–H groups in total. The van der Waals surface area contributed by atoms with Crippen LogP contribution in [0.2, 0.25) is 5.02 Å². The molecule has 0 unspecified atom stereocenters. The normalized spacial score (nSPS) is 12.1. The zero-order chi connectivity index (χ0) is 29.6. The van der Waals surface area contributed by atoms with Crippen molar-refractivity contribution in [3.63, 3.8) is 0 Å². The van der Waals surface area contributed by atoms with E-state index in [0.29, 0.717) is 0 Å². The number of anilines is 1. The Hall–Kier alpha value is -3.63. The van der Waals surface area contributed by atoms with Gasteiger partial charge < -0.3 is 15.0 Å². The van der Waals surface area contributed by atoms with Crippen molar-refractivity contribution in [1.82, 2.24) is 10.2 Å². The van der Waals surface area contributed by atoms with Crippen molar-refractivity contribution in [2.75, 3.05) is 18.0 Å². The molecule has 3 aromatic carbocycles. The highest BCUT2D eigenvalue weighted by molar-refractivity contribution is 7.92. The van der Waals surface area contributed by atoms with Crippen molar-refractivity contribution in [1.29, 1.82) is 0 Å². The van der Waals surface area contributed by atoms with E-state index < -0.39 is 40.2 Å². The quantitative estimate of drug-likeness (QED) is 0.342. The Morgan fingerprint density at radius 3 is 2.27 bits per heavy atom. The molecule has 0 radical (unpaired) electrons. The lowest BCUT2D eigenvalue weighted by atomic mass is 10.1. The molecule has 0 fully saturated rings. The first-order chi connectivity index (χ1) is 18.8. The van der Waals surface area contributed by atoms with Crippen molar-refractivity contribution >= 4 is 39.1 Å². The van der Waals surface area contributed by atoms with Crippen LogP contribution in [0.1, 0.15) is 31.9 Å². The number of hydrogen-bond donors (Lipinski definition) is 1. The lowest BCUT2D eigenvalue weighted by Gasteiger charge is -2.32. The van der Waals surface area contributed by atoms with E-state index in [-0.39, 0.29) is 39.5 Å². The number of rotatable bonds is 11. The molecule has 0 heterocycles. The van der Waals surface area contributed by atoms with E-state index in [1.54, 1.807) is 32.0 Å². The lowest BCUT2D eigenvalue weighted by Crippen LogP contribution is -2.52. The van der Waals surface area contributed by atoms with Gasteiger partial charge in [-0.25, -0.2) is 12.8 Å². The summed E-state index contributed by atoms with van der Waals surface area (Å²) in [5.41, 5.74) is 1.06. The van der Waals surface area contributed by atoms with E-state index in [1.807, 2.05) is 6.92 Å². The zero-order valence-electron chi connectivity index (χ0n) is 23.0. The number of methoxy groups -OCH3 is 1. The molecule has 1 atom stereocenters. The van der Waals surface area contributed by atoms with Gasteiger partial charge in [-0.05, 0) is 64.1 Å². The first-order valence-electron chi connectivity index (χ1n) is 12.6. The summed E-state index contributed by atoms with van der Waals surface area (Å²) in [6, 6.07) is 15.2. The number of hydrogen-bond acceptors (Lipinski definition) is 5. The topological polar surface area (TPSA) is 96.0 Å². The summed E-state index contributed by atoms with van der Waals surface area (Å²) >= 11 is 6.23. The number of ether oxygens (including phenoxy) is 1. The number of benzene rings is 3. The maximum Gasteiger partial charge on any atom is 0.264 e. The van der Waals surface area contributed by atoms with Crippen LogP contribution < -0.4 is 14.4 Å². The Kier molecular flexibility index (Phi) is 10.2. The number of amides is 2. The highest BCUT2D eigenvalue weighted by atomic mass is 35.5. The summed E-state index contributed by atoms with van der Waals surface area (Å²) in [7, 11) is -2.95. The molecular weight excluding hydrogens is 557 g/mol. The molecular formula is C29H33ClFN3O5S. The first-order valence-corrected chi connectivity index (χ1v) is 14.4. The number of halogens is 2. The molecule has 0 aromatic heterocycles. The largest absolute Gasteiger partial charge is 0.495 e. The van der Waals surface area contributed by atoms with Crippen molar-refractivity contribution in [2.45, 2.75) is 51.2 Å². The molecule has 0 bridgehead atoms. The van der Waals surface area contributed by atoms with Crippen molar-refractivity contribution in [3.05, 3.63) is 88.7 Å². The van der Waals surface area contributed by atoms with Crippen LogP contribution in [0.5, 0.6) is 5.75 Å². The molecule has 0 aliphatic heterocycles. The van der Waals surface area contributed by atoms with Crippen LogP contribution in [0, 0.1) is 12.7 Å². The van der Waals surface area contributed by atoms with Gasteiger partial charge in [0.25, 0.3) is 10.0 Å². The Labute approximate surface area is 239 Å². The van der Waals surface area contributed by atoms with E-state index in [0.717, 1.165) is 14.8 Å². The smallest absolute Gasteiger partial charge is 0.264 e. The molecule has 0 spiro atoms. The van der Waals surface area contributed by atoms with E-state index in [4.69, 9.17) is 16.3 Å². The first kappa shape index (κ1) is 30.9. The summed E-state index contributed by atoms with van der Waals surface area (Å²) in [5, 5.41) is 2.98. The molecule has 0 aliphatic rings. The monoisotopic (exact) mass is 589 g/mol. The SMILES string of the molecule is COc1ccc(Cl)cc1N(CC(=O)N(Cc1ccccc1F)[C@@H](C)C(=O)NC(C)C)S(=O)(=O)c1ccc(C)cc1. The highest BCUT2D eigenvalue weighted by Crippen LogP contribution is 2.35. The molecule has 11 heteroatoms. The average molecular weight is 590 g/mol. The third kappa shape index (κ3) is 7.31. The molecule has 3 aromatic rings. The van der Waals surface area contributed by atoms with Crippen LogP contribution >= 0.6 is 11.6 Å². The number of carbonyl (C=O) groups excluding carboxylic acids is 2. The van der Waals surface area contributed by atoms with Crippen LogP contribution in [-0.2, 0) is 26.2 Å². The Balaban J connectivity index is 2.12. The van der Waals surface area contributed by atoms with E-state index in [9.17, 15) is 22.4 Å². The van der Waals surface area contributed by atoms with Crippen molar-refractivity contribution in [3.8, 4) is 5.75 Å². The summed E-state index contributed by atoms with van der Waals surface area (Å²) in [5.74, 6) is -1.59. The third-order valence-electron chi connectivity index (χ3n) is 6.19. The predicted octanol–water partition coefficient (Wildman–Crippen LogP) is 4.93. The highest BCUT2D eigenvalue weighted by Gasteiger charge is 2.34. The summed E-state index contributed by atoms with van der Waals surface area (Å²) in [6.45, 7) is 5.91. The van der Waals surface area contributed by atoms with Crippen LogP contribution in [0.3, 0.4) is 0 Å². The van der Waals surface area contributed by atoms with Crippen LogP contribution in [-0.4, -0.2) is 50.9 Å². The molecule has 0 saturated heterocycles. The van der Waals surface area contributed by atoms with Gasteiger partial charge in [-0.15, -0.1) is 0 Å². The van der Waals surface area contributed by atoms with Crippen LogP contribution in [0.25, 0.3) is 0 Å². The number of carbonyl (C=O) groups is 2.